The highest BCUT2D eigenvalue weighted by molar-refractivity contribution is 5.80. The van der Waals surface area contributed by atoms with Crippen molar-refractivity contribution in [1.82, 2.24) is 4.90 Å². The number of para-hydroxylation sites is 1. The van der Waals surface area contributed by atoms with Crippen LogP contribution in [-0.4, -0.2) is 54.7 Å². The Morgan fingerprint density at radius 1 is 1.12 bits per heavy atom. The molecule has 0 radical (unpaired) electrons. The molecule has 3 aliphatic heterocycles. The van der Waals surface area contributed by atoms with Gasteiger partial charge in [0.1, 0.15) is 12.0 Å². The van der Waals surface area contributed by atoms with Crippen molar-refractivity contribution in [3.63, 3.8) is 0 Å². The van der Waals surface area contributed by atoms with E-state index in [9.17, 15) is 9.59 Å². The summed E-state index contributed by atoms with van der Waals surface area (Å²) in [7, 11) is 0. The molecule has 0 unspecified atom stereocenters. The van der Waals surface area contributed by atoms with Crippen LogP contribution >= 0.6 is 0 Å². The molecule has 1 aliphatic carbocycles. The number of carbonyl (C=O) groups is 2. The molecule has 0 spiro atoms. The van der Waals surface area contributed by atoms with Crippen molar-refractivity contribution < 1.29 is 33.3 Å². The molecule has 4 aliphatic rings. The molecule has 1 amide bonds. The molecular formula is C26H27NO7. The van der Waals surface area contributed by atoms with Gasteiger partial charge in [-0.25, -0.2) is 4.79 Å². The first-order valence-electron chi connectivity index (χ1n) is 11.7. The molecular weight excluding hydrogens is 438 g/mol. The Labute approximate surface area is 197 Å². The van der Waals surface area contributed by atoms with Gasteiger partial charge in [-0.2, -0.15) is 0 Å². The van der Waals surface area contributed by atoms with E-state index in [2.05, 4.69) is 0 Å². The molecule has 0 N–H and O–H groups in total. The first-order chi connectivity index (χ1) is 16.4. The molecule has 1 saturated carbocycles. The molecule has 2 aromatic carbocycles. The maximum absolute atomic E-state index is 13.3. The Morgan fingerprint density at radius 2 is 1.88 bits per heavy atom. The summed E-state index contributed by atoms with van der Waals surface area (Å²) < 4.78 is 29.5. The molecule has 0 aromatic heterocycles. The predicted molar refractivity (Wildman–Crippen MR) is 120 cm³/mol. The second kappa shape index (κ2) is 7.99. The molecule has 8 heteroatoms. The lowest BCUT2D eigenvalue weighted by atomic mass is 9.70. The molecule has 34 heavy (non-hydrogen) atoms. The minimum atomic E-state index is -0.751. The van der Waals surface area contributed by atoms with Crippen molar-refractivity contribution in [2.45, 2.75) is 56.6 Å². The van der Waals surface area contributed by atoms with Crippen LogP contribution in [0.1, 0.15) is 48.5 Å². The molecule has 3 fully saturated rings. The largest absolute Gasteiger partial charge is 0.454 e. The number of likely N-dealkylation sites (tertiary alicyclic amines) is 1. The van der Waals surface area contributed by atoms with Crippen molar-refractivity contribution in [3.05, 3.63) is 53.6 Å². The zero-order valence-corrected chi connectivity index (χ0v) is 19.1. The lowest BCUT2D eigenvalue weighted by Crippen LogP contribution is -2.52. The Bertz CT molecular complexity index is 1120. The summed E-state index contributed by atoms with van der Waals surface area (Å²) in [5.41, 5.74) is 1.29. The van der Waals surface area contributed by atoms with E-state index >= 15 is 0 Å². The number of carbonyl (C=O) groups excluding carboxylic acids is 2. The highest BCUT2D eigenvalue weighted by atomic mass is 16.8. The van der Waals surface area contributed by atoms with Gasteiger partial charge in [0.05, 0.1) is 12.2 Å². The summed E-state index contributed by atoms with van der Waals surface area (Å²) in [4.78, 5) is 27.3. The van der Waals surface area contributed by atoms with Gasteiger partial charge in [-0.1, -0.05) is 18.2 Å². The zero-order chi connectivity index (χ0) is 23.4. The van der Waals surface area contributed by atoms with Crippen molar-refractivity contribution in [1.29, 1.82) is 0 Å². The molecule has 178 valence electrons. The summed E-state index contributed by atoms with van der Waals surface area (Å²) >= 11 is 0. The van der Waals surface area contributed by atoms with Crippen LogP contribution in [0.4, 0.5) is 4.79 Å². The third-order valence-corrected chi connectivity index (χ3v) is 7.31. The predicted octanol–water partition coefficient (Wildman–Crippen LogP) is 4.12. The topological polar surface area (TPSA) is 83.5 Å². The summed E-state index contributed by atoms with van der Waals surface area (Å²) in [5, 5.41) is 0. The fraction of sp³-hybridized carbons (Fsp3) is 0.462. The van der Waals surface area contributed by atoms with Gasteiger partial charge in [-0.05, 0) is 62.4 Å². The fourth-order valence-electron chi connectivity index (χ4n) is 6.05. The standard InChI is InChI=1S/C26H27NO7/c1-26(2)33-21-10-15-8-9-27(25(29)32-17-6-4-3-5-7-17)23(15)22(24(21)34-26)18-12-20-19(30-14-31-20)11-16(18)13-28/h3-7,11-13,15,21-24H,8-10,14H2,1-2H3/t15-,21+,22+,23-,24+/m1/s1. The van der Waals surface area contributed by atoms with Gasteiger partial charge in [0.15, 0.2) is 17.3 Å². The van der Waals surface area contributed by atoms with Crippen molar-refractivity contribution in [2.75, 3.05) is 13.3 Å². The number of hydrogen-bond acceptors (Lipinski definition) is 7. The van der Waals surface area contributed by atoms with Crippen LogP contribution in [0.25, 0.3) is 0 Å². The van der Waals surface area contributed by atoms with Gasteiger partial charge >= 0.3 is 6.09 Å². The smallest absolute Gasteiger partial charge is 0.415 e. The average molecular weight is 466 g/mol. The number of aldehydes is 1. The van der Waals surface area contributed by atoms with Crippen molar-refractivity contribution in [2.24, 2.45) is 5.92 Å². The molecule has 8 nitrogen and oxygen atoms in total. The SMILES string of the molecule is CC1(C)O[C@@H]2[C@@H](c3cc4c(cc3C=O)OCO4)[C@H]3[C@H](CCN3C(=O)Oc3ccccc3)C[C@@H]2O1. The van der Waals surface area contributed by atoms with E-state index in [4.69, 9.17) is 23.7 Å². The average Bonchev–Trinajstić information content (AvgIpc) is 3.52. The summed E-state index contributed by atoms with van der Waals surface area (Å²) in [6, 6.07) is 12.4. The number of amides is 1. The van der Waals surface area contributed by atoms with Crippen LogP contribution in [0, 0.1) is 5.92 Å². The van der Waals surface area contributed by atoms with E-state index < -0.39 is 11.9 Å². The van der Waals surface area contributed by atoms with Crippen LogP contribution in [0.15, 0.2) is 42.5 Å². The first-order valence-corrected chi connectivity index (χ1v) is 11.7. The monoisotopic (exact) mass is 465 g/mol. The lowest BCUT2D eigenvalue weighted by molar-refractivity contribution is -0.147. The van der Waals surface area contributed by atoms with Crippen LogP contribution in [0.3, 0.4) is 0 Å². The van der Waals surface area contributed by atoms with Gasteiger partial charge < -0.3 is 28.6 Å². The van der Waals surface area contributed by atoms with Gasteiger partial charge in [-0.3, -0.25) is 4.79 Å². The minimum absolute atomic E-state index is 0.113. The van der Waals surface area contributed by atoms with Crippen LogP contribution in [-0.2, 0) is 9.47 Å². The Kier molecular flexibility index (Phi) is 5.04. The first kappa shape index (κ1) is 21.4. The maximum Gasteiger partial charge on any atom is 0.415 e. The summed E-state index contributed by atoms with van der Waals surface area (Å²) in [6.45, 7) is 4.49. The molecule has 3 heterocycles. The van der Waals surface area contributed by atoms with Crippen molar-refractivity contribution >= 4 is 12.4 Å². The van der Waals surface area contributed by atoms with E-state index in [0.717, 1.165) is 24.7 Å². The van der Waals surface area contributed by atoms with E-state index in [-0.39, 0.29) is 36.9 Å². The number of nitrogens with zero attached hydrogens (tertiary/aromatic N) is 1. The number of fused-ring (bicyclic) bond motifs is 3. The summed E-state index contributed by atoms with van der Waals surface area (Å²) in [6.07, 6.45) is 1.61. The normalized spacial score (nSPS) is 30.5. The minimum Gasteiger partial charge on any atom is -0.454 e. The van der Waals surface area contributed by atoms with Crippen LogP contribution < -0.4 is 14.2 Å². The van der Waals surface area contributed by atoms with Crippen LogP contribution in [0.5, 0.6) is 17.2 Å². The van der Waals surface area contributed by atoms with Gasteiger partial charge in [0.25, 0.3) is 0 Å². The number of rotatable bonds is 3. The maximum atomic E-state index is 13.3. The molecule has 2 saturated heterocycles. The third-order valence-electron chi connectivity index (χ3n) is 7.31. The van der Waals surface area contributed by atoms with E-state index in [0.29, 0.717) is 29.4 Å². The zero-order valence-electron chi connectivity index (χ0n) is 19.1. The molecule has 0 bridgehead atoms. The Balaban J connectivity index is 1.41. The second-order valence-electron chi connectivity index (χ2n) is 9.77. The lowest BCUT2D eigenvalue weighted by Gasteiger charge is -2.43. The van der Waals surface area contributed by atoms with E-state index in [1.54, 1.807) is 23.1 Å². The quantitative estimate of drug-likeness (QED) is 0.631. The van der Waals surface area contributed by atoms with E-state index in [1.165, 1.54) is 0 Å². The number of hydrogen-bond donors (Lipinski definition) is 0. The highest BCUT2D eigenvalue weighted by Crippen LogP contribution is 2.52. The van der Waals surface area contributed by atoms with E-state index in [1.807, 2.05) is 38.1 Å². The van der Waals surface area contributed by atoms with Crippen molar-refractivity contribution in [3.8, 4) is 17.2 Å². The third kappa shape index (κ3) is 3.52. The van der Waals surface area contributed by atoms with Gasteiger partial charge in [0, 0.05) is 24.1 Å². The molecule has 6 rings (SSSR count). The van der Waals surface area contributed by atoms with Crippen LogP contribution in [0.2, 0.25) is 0 Å². The Morgan fingerprint density at radius 3 is 2.65 bits per heavy atom. The van der Waals surface area contributed by atoms with Gasteiger partial charge in [0.2, 0.25) is 6.79 Å². The number of ether oxygens (including phenoxy) is 5. The van der Waals surface area contributed by atoms with Gasteiger partial charge in [-0.15, -0.1) is 0 Å². The highest BCUT2D eigenvalue weighted by Gasteiger charge is 2.58. The number of benzene rings is 2. The Hall–Kier alpha value is -3.10. The fourth-order valence-corrected chi connectivity index (χ4v) is 6.05. The molecule has 5 atom stereocenters. The summed E-state index contributed by atoms with van der Waals surface area (Å²) in [5.74, 6) is 0.793. The second-order valence-corrected chi connectivity index (χ2v) is 9.77. The molecule has 2 aromatic rings.